The lowest BCUT2D eigenvalue weighted by atomic mass is 9.97. The molecule has 0 saturated carbocycles. The Kier molecular flexibility index (Phi) is 3.43. The van der Waals surface area contributed by atoms with Gasteiger partial charge in [-0.15, -0.1) is 0 Å². The molecule has 0 unspecified atom stereocenters. The van der Waals surface area contributed by atoms with E-state index in [-0.39, 0.29) is 0 Å². The summed E-state index contributed by atoms with van der Waals surface area (Å²) in [5, 5.41) is 4.83. The molecule has 0 atom stereocenters. The fourth-order valence-corrected chi connectivity index (χ4v) is 2.60. The van der Waals surface area contributed by atoms with Gasteiger partial charge in [0.15, 0.2) is 0 Å². The van der Waals surface area contributed by atoms with E-state index in [0.717, 1.165) is 33.5 Å². The number of nitrogen functional groups attached to an aromatic ring is 1. The lowest BCUT2D eigenvalue weighted by Gasteiger charge is -2.07. The van der Waals surface area contributed by atoms with Crippen LogP contribution >= 0.6 is 11.6 Å². The summed E-state index contributed by atoms with van der Waals surface area (Å²) < 4.78 is 5.22. The second-order valence-electron chi connectivity index (χ2n) is 5.05. The van der Waals surface area contributed by atoms with Crippen molar-refractivity contribution in [2.75, 3.05) is 5.73 Å². The molecule has 1 aromatic heterocycles. The van der Waals surface area contributed by atoms with Crippen LogP contribution in [0.3, 0.4) is 0 Å². The zero-order valence-corrected chi connectivity index (χ0v) is 12.6. The first-order valence-electron chi connectivity index (χ1n) is 6.65. The monoisotopic (exact) mass is 298 g/mol. The van der Waals surface area contributed by atoms with Crippen molar-refractivity contribution in [1.82, 2.24) is 5.16 Å². The Morgan fingerprint density at radius 2 is 1.86 bits per heavy atom. The van der Waals surface area contributed by atoms with E-state index in [2.05, 4.69) is 11.2 Å². The van der Waals surface area contributed by atoms with Crippen LogP contribution in [0.1, 0.15) is 11.1 Å². The third-order valence-corrected chi connectivity index (χ3v) is 3.96. The maximum atomic E-state index is 6.20. The van der Waals surface area contributed by atoms with Gasteiger partial charge in [-0.3, -0.25) is 0 Å². The molecular weight excluding hydrogens is 284 g/mol. The van der Waals surface area contributed by atoms with Gasteiger partial charge >= 0.3 is 0 Å². The number of anilines is 1. The van der Waals surface area contributed by atoms with Crippen molar-refractivity contribution in [3.63, 3.8) is 0 Å². The molecule has 3 rings (SSSR count). The smallest absolute Gasteiger partial charge is 0.230 e. The number of rotatable bonds is 2. The molecule has 106 valence electrons. The highest BCUT2D eigenvalue weighted by Crippen LogP contribution is 2.38. The number of hydrogen-bond donors (Lipinski definition) is 1. The molecule has 0 aliphatic rings. The van der Waals surface area contributed by atoms with Crippen LogP contribution in [0.15, 0.2) is 47.0 Å². The van der Waals surface area contributed by atoms with E-state index in [1.807, 2.05) is 50.2 Å². The maximum Gasteiger partial charge on any atom is 0.230 e. The molecule has 3 aromatic rings. The molecule has 3 nitrogen and oxygen atoms in total. The van der Waals surface area contributed by atoms with Crippen molar-refractivity contribution in [1.29, 1.82) is 0 Å². The second kappa shape index (κ2) is 5.26. The normalized spacial score (nSPS) is 10.8. The number of hydrogen-bond acceptors (Lipinski definition) is 3. The Labute approximate surface area is 128 Å². The van der Waals surface area contributed by atoms with Gasteiger partial charge in [-0.1, -0.05) is 58.7 Å². The first kappa shape index (κ1) is 13.7. The third kappa shape index (κ3) is 2.41. The molecule has 0 amide bonds. The Balaban J connectivity index is 2.24. The lowest BCUT2D eigenvalue weighted by molar-refractivity contribution is 0.439. The highest BCUT2D eigenvalue weighted by Gasteiger charge is 2.19. The van der Waals surface area contributed by atoms with E-state index in [0.29, 0.717) is 10.9 Å². The van der Waals surface area contributed by atoms with Crippen LogP contribution in [-0.4, -0.2) is 5.16 Å². The average Bonchev–Trinajstić information content (AvgIpc) is 2.83. The van der Waals surface area contributed by atoms with Gasteiger partial charge in [-0.2, -0.15) is 0 Å². The van der Waals surface area contributed by atoms with E-state index in [1.165, 1.54) is 0 Å². The Bertz CT molecular complexity index is 808. The molecule has 21 heavy (non-hydrogen) atoms. The summed E-state index contributed by atoms with van der Waals surface area (Å²) in [6, 6.07) is 13.8. The predicted molar refractivity (Wildman–Crippen MR) is 86.3 cm³/mol. The first-order chi connectivity index (χ1) is 10.1. The van der Waals surface area contributed by atoms with Crippen molar-refractivity contribution in [3.8, 4) is 22.4 Å². The minimum atomic E-state index is 0.315. The zero-order chi connectivity index (χ0) is 15.0. The van der Waals surface area contributed by atoms with Gasteiger partial charge in [0.1, 0.15) is 5.69 Å². The molecule has 0 aliphatic heterocycles. The van der Waals surface area contributed by atoms with Gasteiger partial charge in [-0.25, -0.2) is 0 Å². The van der Waals surface area contributed by atoms with Crippen LogP contribution in [0.5, 0.6) is 0 Å². The Hall–Kier alpha value is -2.26. The van der Waals surface area contributed by atoms with E-state index in [4.69, 9.17) is 21.9 Å². The van der Waals surface area contributed by atoms with Crippen molar-refractivity contribution in [3.05, 3.63) is 58.6 Å². The number of benzene rings is 2. The summed E-state index contributed by atoms with van der Waals surface area (Å²) in [6.45, 7) is 4.00. The molecule has 2 N–H and O–H groups in total. The Morgan fingerprint density at radius 3 is 2.62 bits per heavy atom. The van der Waals surface area contributed by atoms with Crippen LogP contribution in [0.25, 0.3) is 22.4 Å². The maximum absolute atomic E-state index is 6.20. The summed E-state index contributed by atoms with van der Waals surface area (Å²) in [7, 11) is 0. The van der Waals surface area contributed by atoms with Crippen LogP contribution < -0.4 is 5.73 Å². The highest BCUT2D eigenvalue weighted by atomic mass is 35.5. The molecular formula is C17H15ClN2O. The zero-order valence-electron chi connectivity index (χ0n) is 11.9. The summed E-state index contributed by atoms with van der Waals surface area (Å²) in [6.07, 6.45) is 0. The molecule has 0 bridgehead atoms. The second-order valence-corrected chi connectivity index (χ2v) is 5.46. The standard InChI is InChI=1S/C17H15ClN2O/c1-10-5-3-6-12(9-10)15-16(20-21-17(15)19)13-7-4-8-14(18)11(13)2/h3-9H,19H2,1-2H3. The lowest BCUT2D eigenvalue weighted by Crippen LogP contribution is -1.90. The van der Waals surface area contributed by atoms with Gasteiger partial charge in [0.05, 0.1) is 5.56 Å². The average molecular weight is 299 g/mol. The minimum Gasteiger partial charge on any atom is -0.367 e. The molecule has 4 heteroatoms. The summed E-state index contributed by atoms with van der Waals surface area (Å²) in [5.74, 6) is 0.315. The predicted octanol–water partition coefficient (Wildman–Crippen LogP) is 4.86. The summed E-state index contributed by atoms with van der Waals surface area (Å²) >= 11 is 6.20. The van der Waals surface area contributed by atoms with Gasteiger partial charge in [0.2, 0.25) is 5.88 Å². The van der Waals surface area contributed by atoms with Gasteiger partial charge in [0, 0.05) is 10.6 Å². The molecule has 0 fully saturated rings. The third-order valence-electron chi connectivity index (χ3n) is 3.55. The van der Waals surface area contributed by atoms with Crippen LogP contribution in [0.4, 0.5) is 5.88 Å². The van der Waals surface area contributed by atoms with E-state index >= 15 is 0 Å². The van der Waals surface area contributed by atoms with Crippen molar-refractivity contribution >= 4 is 17.5 Å². The van der Waals surface area contributed by atoms with Crippen LogP contribution in [-0.2, 0) is 0 Å². The van der Waals surface area contributed by atoms with Gasteiger partial charge in [0.25, 0.3) is 0 Å². The van der Waals surface area contributed by atoms with Crippen molar-refractivity contribution in [2.24, 2.45) is 0 Å². The number of nitrogens with zero attached hydrogens (tertiary/aromatic N) is 1. The van der Waals surface area contributed by atoms with Gasteiger partial charge in [-0.05, 0) is 31.0 Å². The first-order valence-corrected chi connectivity index (χ1v) is 7.03. The minimum absolute atomic E-state index is 0.315. The number of aryl methyl sites for hydroxylation is 1. The van der Waals surface area contributed by atoms with E-state index < -0.39 is 0 Å². The van der Waals surface area contributed by atoms with Crippen LogP contribution in [0, 0.1) is 13.8 Å². The molecule has 0 spiro atoms. The topological polar surface area (TPSA) is 52.0 Å². The van der Waals surface area contributed by atoms with E-state index in [9.17, 15) is 0 Å². The number of nitrogens with two attached hydrogens (primary N) is 1. The molecule has 0 saturated heterocycles. The van der Waals surface area contributed by atoms with Gasteiger partial charge < -0.3 is 10.3 Å². The molecule has 0 radical (unpaired) electrons. The summed E-state index contributed by atoms with van der Waals surface area (Å²) in [5.41, 5.74) is 11.5. The molecule has 0 aliphatic carbocycles. The largest absolute Gasteiger partial charge is 0.367 e. The molecule has 1 heterocycles. The van der Waals surface area contributed by atoms with E-state index in [1.54, 1.807) is 0 Å². The summed E-state index contributed by atoms with van der Waals surface area (Å²) in [4.78, 5) is 0. The fourth-order valence-electron chi connectivity index (χ4n) is 2.43. The quantitative estimate of drug-likeness (QED) is 0.735. The molecule has 2 aromatic carbocycles. The Morgan fingerprint density at radius 1 is 1.10 bits per heavy atom. The van der Waals surface area contributed by atoms with Crippen LogP contribution in [0.2, 0.25) is 5.02 Å². The van der Waals surface area contributed by atoms with Crippen molar-refractivity contribution in [2.45, 2.75) is 13.8 Å². The van der Waals surface area contributed by atoms with Crippen molar-refractivity contribution < 1.29 is 4.52 Å². The SMILES string of the molecule is Cc1cccc(-c2c(-c3cccc(Cl)c3C)noc2N)c1. The number of halogens is 1. The fraction of sp³-hybridized carbons (Fsp3) is 0.118. The number of aromatic nitrogens is 1. The highest BCUT2D eigenvalue weighted by molar-refractivity contribution is 6.31.